The van der Waals surface area contributed by atoms with Gasteiger partial charge in [-0.05, 0) is 80.5 Å². The number of hydrogen-bond acceptors (Lipinski definition) is 2. The molecule has 1 spiro atoms. The monoisotopic (exact) mass is 318 g/mol. The molecule has 5 fully saturated rings. The molecule has 22 heavy (non-hydrogen) atoms. The fourth-order valence-electron chi connectivity index (χ4n) is 7.44. The molecule has 7 atom stereocenters. The van der Waals surface area contributed by atoms with Gasteiger partial charge in [-0.15, -0.1) is 0 Å². The molecule has 5 rings (SSSR count). The van der Waals surface area contributed by atoms with Crippen molar-refractivity contribution in [2.45, 2.75) is 76.4 Å². The highest BCUT2D eigenvalue weighted by atomic mass is 32.2. The van der Waals surface area contributed by atoms with E-state index >= 15 is 0 Å². The summed E-state index contributed by atoms with van der Waals surface area (Å²) in [5.41, 5.74) is 0.664. The standard InChI is InChI=1S/C20H30OS/c1-18-9-10-20(12-22-20)11-13(18)3-4-14-15-5-6-17(21)19(15,2)8-7-16(14)18/h13-16H,3-12H2,1-2H3/t13-,14?,15?,16?,18-,19-,20-/m0/s1. The normalized spacial score (nSPS) is 59.8. The molecule has 5 aliphatic rings. The minimum Gasteiger partial charge on any atom is -0.299 e. The van der Waals surface area contributed by atoms with Crippen LogP contribution >= 0.6 is 11.8 Å². The maximum atomic E-state index is 12.5. The zero-order valence-corrected chi connectivity index (χ0v) is 15.0. The molecule has 1 nitrogen and oxygen atoms in total. The third-order valence-electron chi connectivity index (χ3n) is 9.06. The molecule has 1 heterocycles. The molecule has 0 aromatic carbocycles. The van der Waals surface area contributed by atoms with Gasteiger partial charge in [-0.25, -0.2) is 0 Å². The van der Waals surface area contributed by atoms with E-state index < -0.39 is 0 Å². The Hall–Kier alpha value is 0.0200. The van der Waals surface area contributed by atoms with Gasteiger partial charge in [0.25, 0.3) is 0 Å². The number of fused-ring (bicyclic) bond motifs is 5. The van der Waals surface area contributed by atoms with Gasteiger partial charge in [-0.2, -0.15) is 11.8 Å². The van der Waals surface area contributed by atoms with Crippen LogP contribution in [-0.2, 0) is 4.79 Å². The molecule has 0 bridgehead atoms. The number of rotatable bonds is 0. The van der Waals surface area contributed by atoms with E-state index in [2.05, 4.69) is 25.6 Å². The van der Waals surface area contributed by atoms with Crippen LogP contribution in [0, 0.1) is 34.5 Å². The quantitative estimate of drug-likeness (QED) is 0.579. The van der Waals surface area contributed by atoms with E-state index in [1.165, 1.54) is 57.1 Å². The van der Waals surface area contributed by atoms with Crippen molar-refractivity contribution in [3.05, 3.63) is 0 Å². The van der Waals surface area contributed by atoms with Crippen molar-refractivity contribution in [2.24, 2.45) is 34.5 Å². The van der Waals surface area contributed by atoms with Gasteiger partial charge in [-0.1, -0.05) is 13.8 Å². The lowest BCUT2D eigenvalue weighted by molar-refractivity contribution is -0.139. The van der Waals surface area contributed by atoms with Crippen molar-refractivity contribution in [3.63, 3.8) is 0 Å². The lowest BCUT2D eigenvalue weighted by Crippen LogP contribution is -2.54. The Morgan fingerprint density at radius 3 is 2.59 bits per heavy atom. The van der Waals surface area contributed by atoms with E-state index in [4.69, 9.17) is 0 Å². The second kappa shape index (κ2) is 4.35. The van der Waals surface area contributed by atoms with Crippen molar-refractivity contribution in [2.75, 3.05) is 5.75 Å². The lowest BCUT2D eigenvalue weighted by Gasteiger charge is -2.60. The SMILES string of the molecule is C[C@]12CCC3C(CC[C@H]4C[C@@]5(CC[C@]34C)CS5)C1CCC2=O. The van der Waals surface area contributed by atoms with Gasteiger partial charge in [0.2, 0.25) is 0 Å². The number of Topliss-reactive ketones (excluding diaryl/α,β-unsaturated/α-hetero) is 1. The van der Waals surface area contributed by atoms with Crippen molar-refractivity contribution in [1.82, 2.24) is 0 Å². The number of carbonyl (C=O) groups excluding carboxylic acids is 1. The molecule has 0 amide bonds. The molecule has 0 N–H and O–H groups in total. The maximum absolute atomic E-state index is 12.5. The second-order valence-corrected chi connectivity index (χ2v) is 11.2. The Bertz CT molecular complexity index is 524. The predicted molar refractivity (Wildman–Crippen MR) is 91.9 cm³/mol. The van der Waals surface area contributed by atoms with Crippen molar-refractivity contribution >= 4 is 17.5 Å². The number of thioether (sulfide) groups is 1. The largest absolute Gasteiger partial charge is 0.299 e. The van der Waals surface area contributed by atoms with Crippen LogP contribution < -0.4 is 0 Å². The number of hydrogen-bond donors (Lipinski definition) is 0. The Morgan fingerprint density at radius 2 is 1.82 bits per heavy atom. The van der Waals surface area contributed by atoms with Crippen LogP contribution in [0.3, 0.4) is 0 Å². The third-order valence-corrected chi connectivity index (χ3v) is 10.5. The summed E-state index contributed by atoms with van der Waals surface area (Å²) in [6.45, 7) is 4.96. The Labute approximate surface area is 139 Å². The van der Waals surface area contributed by atoms with Crippen molar-refractivity contribution in [3.8, 4) is 0 Å². The molecule has 1 aliphatic heterocycles. The van der Waals surface area contributed by atoms with E-state index in [9.17, 15) is 4.79 Å². The zero-order chi connectivity index (χ0) is 15.2. The second-order valence-electron chi connectivity index (χ2n) is 9.75. The summed E-state index contributed by atoms with van der Waals surface area (Å²) in [6, 6.07) is 0. The van der Waals surface area contributed by atoms with Crippen molar-refractivity contribution in [1.29, 1.82) is 0 Å². The van der Waals surface area contributed by atoms with E-state index in [-0.39, 0.29) is 5.41 Å². The lowest BCUT2D eigenvalue weighted by atomic mass is 9.45. The van der Waals surface area contributed by atoms with E-state index in [0.717, 1.165) is 34.8 Å². The van der Waals surface area contributed by atoms with Crippen LogP contribution in [0.5, 0.6) is 0 Å². The molecular formula is C20H30OS. The van der Waals surface area contributed by atoms with Crippen molar-refractivity contribution < 1.29 is 4.79 Å². The fraction of sp³-hybridized carbons (Fsp3) is 0.950. The average Bonchev–Trinajstić information content (AvgIpc) is 3.19. The molecular weight excluding hydrogens is 288 g/mol. The summed E-state index contributed by atoms with van der Waals surface area (Å²) in [7, 11) is 0. The van der Waals surface area contributed by atoms with Crippen LogP contribution in [0.4, 0.5) is 0 Å². The van der Waals surface area contributed by atoms with Crippen LogP contribution in [0.1, 0.15) is 71.6 Å². The molecule has 122 valence electrons. The van der Waals surface area contributed by atoms with Gasteiger partial charge in [0.1, 0.15) is 5.78 Å². The summed E-state index contributed by atoms with van der Waals surface area (Å²) in [5, 5.41) is 0. The minimum absolute atomic E-state index is 0.0621. The molecule has 0 aromatic rings. The molecule has 3 unspecified atom stereocenters. The van der Waals surface area contributed by atoms with Crippen LogP contribution in [0.15, 0.2) is 0 Å². The molecule has 0 radical (unpaired) electrons. The van der Waals surface area contributed by atoms with Gasteiger partial charge in [0.15, 0.2) is 0 Å². The first kappa shape index (κ1) is 14.4. The first-order valence-electron chi connectivity index (χ1n) is 9.64. The van der Waals surface area contributed by atoms with Gasteiger partial charge in [0.05, 0.1) is 0 Å². The highest BCUT2D eigenvalue weighted by Gasteiger charge is 2.62. The maximum Gasteiger partial charge on any atom is 0.139 e. The van der Waals surface area contributed by atoms with Gasteiger partial charge < -0.3 is 0 Å². The summed E-state index contributed by atoms with van der Waals surface area (Å²) < 4.78 is 0.726. The highest BCUT2D eigenvalue weighted by molar-refractivity contribution is 8.07. The Balaban J connectivity index is 1.45. The fourth-order valence-corrected chi connectivity index (χ4v) is 8.47. The zero-order valence-electron chi connectivity index (χ0n) is 14.2. The topological polar surface area (TPSA) is 17.1 Å². The van der Waals surface area contributed by atoms with Crippen LogP contribution in [-0.4, -0.2) is 16.3 Å². The summed E-state index contributed by atoms with van der Waals surface area (Å²) in [5.74, 6) is 5.55. The molecule has 2 heteroatoms. The number of ketones is 1. The summed E-state index contributed by atoms with van der Waals surface area (Å²) in [4.78, 5) is 12.5. The number of carbonyl (C=O) groups is 1. The first-order valence-corrected chi connectivity index (χ1v) is 10.6. The molecule has 1 saturated heterocycles. The van der Waals surface area contributed by atoms with E-state index in [1.54, 1.807) is 0 Å². The Kier molecular flexibility index (Phi) is 2.84. The summed E-state index contributed by atoms with van der Waals surface area (Å²) in [6.07, 6.45) is 12.0. The van der Waals surface area contributed by atoms with Gasteiger partial charge >= 0.3 is 0 Å². The first-order chi connectivity index (χ1) is 10.5. The van der Waals surface area contributed by atoms with Gasteiger partial charge in [0, 0.05) is 22.3 Å². The van der Waals surface area contributed by atoms with E-state index in [0.29, 0.717) is 11.2 Å². The smallest absolute Gasteiger partial charge is 0.139 e. The van der Waals surface area contributed by atoms with Crippen LogP contribution in [0.25, 0.3) is 0 Å². The highest BCUT2D eigenvalue weighted by Crippen LogP contribution is 2.69. The Morgan fingerprint density at radius 1 is 1.00 bits per heavy atom. The molecule has 4 aliphatic carbocycles. The third kappa shape index (κ3) is 1.71. The summed E-state index contributed by atoms with van der Waals surface area (Å²) >= 11 is 2.25. The van der Waals surface area contributed by atoms with Crippen LogP contribution in [0.2, 0.25) is 0 Å². The predicted octanol–water partition coefficient (Wildman–Crippen LogP) is 5.08. The molecule has 0 aromatic heterocycles. The van der Waals surface area contributed by atoms with E-state index in [1.807, 2.05) is 0 Å². The van der Waals surface area contributed by atoms with Gasteiger partial charge in [-0.3, -0.25) is 4.79 Å². The molecule has 4 saturated carbocycles. The minimum atomic E-state index is 0.0621. The average molecular weight is 319 g/mol.